The second-order valence-electron chi connectivity index (χ2n) is 13.8. The Hall–Kier alpha value is -4.44. The van der Waals surface area contributed by atoms with Gasteiger partial charge in [-0.05, 0) is 114 Å². The first kappa shape index (κ1) is 37.3. The van der Waals surface area contributed by atoms with E-state index in [9.17, 15) is 15.3 Å². The highest BCUT2D eigenvalue weighted by Gasteiger charge is 2.36. The number of aliphatic hydroxyl groups is 3. The lowest BCUT2D eigenvalue weighted by atomic mass is 9.85. The van der Waals surface area contributed by atoms with Gasteiger partial charge >= 0.3 is 0 Å². The second kappa shape index (κ2) is 15.7. The molecule has 1 aromatic carbocycles. The van der Waals surface area contributed by atoms with E-state index in [-0.39, 0.29) is 31.8 Å². The highest BCUT2D eigenvalue weighted by Crippen LogP contribution is 2.46. The van der Waals surface area contributed by atoms with Gasteiger partial charge < -0.3 is 35.1 Å². The standard InChI is InChI=1S/C43H54N4O5/c1-9-27-29(11-3)42-41(40-25(22-50)17-26(51-7)18-39(40)52-8)43-30(12-4)28(10-2)36(47-43)20-34-24(6)32(14-16-49)38(45-34)21-37-31(13-15-48)23(5)33(44-37)19-35(27)46-42/h17-21,23,33,44-45,48-50H,9-16,22H2,1-8H3/b34-20?,35-19-,38-21-,43-41-. The first-order chi connectivity index (χ1) is 25.2. The lowest BCUT2D eigenvalue weighted by Gasteiger charge is -2.21. The molecule has 276 valence electrons. The van der Waals surface area contributed by atoms with Crippen molar-refractivity contribution in [3.63, 3.8) is 0 Å². The maximum absolute atomic E-state index is 10.9. The number of aromatic nitrogens is 1. The molecule has 0 fully saturated rings. The molecule has 0 radical (unpaired) electrons. The van der Waals surface area contributed by atoms with Crippen LogP contribution in [0.3, 0.4) is 0 Å². The fourth-order valence-electron chi connectivity index (χ4n) is 8.50. The lowest BCUT2D eigenvalue weighted by molar-refractivity contribution is 0.279. The van der Waals surface area contributed by atoms with E-state index in [1.807, 2.05) is 12.1 Å². The molecule has 0 aliphatic carbocycles. The molecule has 4 aliphatic rings. The summed E-state index contributed by atoms with van der Waals surface area (Å²) in [6, 6.07) is 3.68. The zero-order chi connectivity index (χ0) is 37.3. The van der Waals surface area contributed by atoms with Crippen molar-refractivity contribution in [2.45, 2.75) is 92.7 Å². The van der Waals surface area contributed by atoms with Gasteiger partial charge in [0.2, 0.25) is 0 Å². The third-order valence-electron chi connectivity index (χ3n) is 11.2. The van der Waals surface area contributed by atoms with Crippen LogP contribution in [0.4, 0.5) is 0 Å². The van der Waals surface area contributed by atoms with Crippen LogP contribution in [-0.4, -0.2) is 65.2 Å². The van der Waals surface area contributed by atoms with Gasteiger partial charge in [-0.25, -0.2) is 9.98 Å². The minimum Gasteiger partial charge on any atom is -0.497 e. The third-order valence-corrected chi connectivity index (χ3v) is 11.2. The fourth-order valence-corrected chi connectivity index (χ4v) is 8.50. The number of aromatic amines is 1. The molecule has 2 atom stereocenters. The van der Waals surface area contributed by atoms with E-state index in [0.29, 0.717) is 29.9 Å². The Morgan fingerprint density at radius 1 is 0.808 bits per heavy atom. The number of H-pyrrole nitrogens is 1. The van der Waals surface area contributed by atoms with Gasteiger partial charge in [0.05, 0.1) is 49.7 Å². The van der Waals surface area contributed by atoms with Crippen LogP contribution in [0, 0.1) is 12.8 Å². The van der Waals surface area contributed by atoms with E-state index < -0.39 is 0 Å². The number of ether oxygens (including phenoxy) is 2. The summed E-state index contributed by atoms with van der Waals surface area (Å²) in [7, 11) is 3.26. The van der Waals surface area contributed by atoms with Gasteiger partial charge in [0.1, 0.15) is 11.5 Å². The van der Waals surface area contributed by atoms with Crippen molar-refractivity contribution in [3.8, 4) is 11.5 Å². The smallest absolute Gasteiger partial charge is 0.130 e. The summed E-state index contributed by atoms with van der Waals surface area (Å²) >= 11 is 0. The summed E-state index contributed by atoms with van der Waals surface area (Å²) in [5.41, 5.74) is 14.7. The molecule has 1 aromatic heterocycles. The predicted molar refractivity (Wildman–Crippen MR) is 210 cm³/mol. The second-order valence-corrected chi connectivity index (χ2v) is 13.8. The van der Waals surface area contributed by atoms with Gasteiger partial charge in [-0.1, -0.05) is 34.6 Å². The summed E-state index contributed by atoms with van der Waals surface area (Å²) in [5.74, 6) is 1.29. The summed E-state index contributed by atoms with van der Waals surface area (Å²) in [5, 5.41) is 36.9. The van der Waals surface area contributed by atoms with Crippen LogP contribution in [0.5, 0.6) is 11.5 Å². The average molecular weight is 707 g/mol. The van der Waals surface area contributed by atoms with Crippen LogP contribution < -0.4 is 25.5 Å². The first-order valence-corrected chi connectivity index (χ1v) is 18.8. The topological polar surface area (TPSA) is 132 Å². The van der Waals surface area contributed by atoms with Crippen molar-refractivity contribution in [1.82, 2.24) is 10.3 Å². The highest BCUT2D eigenvalue weighted by atomic mass is 16.5. The normalized spacial score (nSPS) is 22.9. The molecule has 0 saturated carbocycles. The molecule has 0 saturated heterocycles. The van der Waals surface area contributed by atoms with Gasteiger partial charge in [-0.3, -0.25) is 0 Å². The van der Waals surface area contributed by atoms with Crippen LogP contribution >= 0.6 is 0 Å². The molecule has 0 spiro atoms. The zero-order valence-corrected chi connectivity index (χ0v) is 32.0. The fraction of sp³-hybridized carbons (Fsp3) is 0.442. The maximum Gasteiger partial charge on any atom is 0.130 e. The minimum absolute atomic E-state index is 0.0280. The van der Waals surface area contributed by atoms with Crippen molar-refractivity contribution < 1.29 is 24.8 Å². The summed E-state index contributed by atoms with van der Waals surface area (Å²) in [6.45, 7) is 12.9. The Morgan fingerprint density at radius 3 is 2.13 bits per heavy atom. The minimum atomic E-state index is -0.226. The number of fused-ring (bicyclic) bond motifs is 6. The SMILES string of the molecule is CCC1=C(CC)/C2=C/C3NC(=C(CCO)C3C)/C=c3\[nH]c(c(C)c3CCO)=CC3=N/C(=C(/c4c(CO)cc(OC)cc4OC)C1=N2)C(CC)=C3CC. The number of aliphatic imine (C=N–C) groups is 2. The molecular weight excluding hydrogens is 652 g/mol. The Kier molecular flexibility index (Phi) is 11.2. The van der Waals surface area contributed by atoms with Crippen molar-refractivity contribution in [3.05, 3.63) is 96.1 Å². The molecule has 2 aromatic rings. The Labute approximate surface area is 307 Å². The van der Waals surface area contributed by atoms with Crippen molar-refractivity contribution in [2.24, 2.45) is 15.9 Å². The molecule has 4 aliphatic heterocycles. The average Bonchev–Trinajstić information content (AvgIpc) is 3.86. The molecule has 2 unspecified atom stereocenters. The molecule has 0 amide bonds. The number of benzene rings is 1. The van der Waals surface area contributed by atoms with Crippen LogP contribution in [0.1, 0.15) is 89.0 Å². The molecule has 6 rings (SSSR count). The summed E-state index contributed by atoms with van der Waals surface area (Å²) < 4.78 is 11.7. The number of hydrogen-bond acceptors (Lipinski definition) is 8. The third kappa shape index (κ3) is 6.33. The number of nitrogens with one attached hydrogen (secondary N) is 2. The Bertz CT molecular complexity index is 2100. The van der Waals surface area contributed by atoms with E-state index in [0.717, 1.165) is 109 Å². The van der Waals surface area contributed by atoms with Crippen LogP contribution in [-0.2, 0) is 13.0 Å². The first-order valence-electron chi connectivity index (χ1n) is 18.8. The van der Waals surface area contributed by atoms with Crippen molar-refractivity contribution in [2.75, 3.05) is 27.4 Å². The number of aliphatic hydroxyl groups excluding tert-OH is 3. The quantitative estimate of drug-likeness (QED) is 0.195. The largest absolute Gasteiger partial charge is 0.497 e. The number of methoxy groups -OCH3 is 2. The van der Waals surface area contributed by atoms with Gasteiger partial charge in [-0.15, -0.1) is 0 Å². The zero-order valence-electron chi connectivity index (χ0n) is 32.0. The van der Waals surface area contributed by atoms with E-state index >= 15 is 0 Å². The van der Waals surface area contributed by atoms with E-state index in [2.05, 4.69) is 70.1 Å². The molecule has 9 nitrogen and oxygen atoms in total. The van der Waals surface area contributed by atoms with E-state index in [4.69, 9.17) is 19.5 Å². The number of rotatable bonds is 12. The number of hydrogen-bond donors (Lipinski definition) is 5. The Balaban J connectivity index is 1.81. The van der Waals surface area contributed by atoms with E-state index in [1.54, 1.807) is 14.2 Å². The van der Waals surface area contributed by atoms with Gasteiger partial charge in [0.25, 0.3) is 0 Å². The molecule has 9 heteroatoms. The highest BCUT2D eigenvalue weighted by molar-refractivity contribution is 6.36. The van der Waals surface area contributed by atoms with Gasteiger partial charge in [-0.2, -0.15) is 0 Å². The van der Waals surface area contributed by atoms with Gasteiger partial charge in [0.15, 0.2) is 0 Å². The van der Waals surface area contributed by atoms with E-state index in [1.165, 1.54) is 5.57 Å². The lowest BCUT2D eigenvalue weighted by Crippen LogP contribution is -2.26. The van der Waals surface area contributed by atoms with Gasteiger partial charge in [0, 0.05) is 52.7 Å². The number of nitrogens with zero attached hydrogens (tertiary/aromatic N) is 2. The Morgan fingerprint density at radius 2 is 1.52 bits per heavy atom. The molecule has 8 bridgehead atoms. The predicted octanol–water partition coefficient (Wildman–Crippen LogP) is 5.62. The maximum atomic E-state index is 10.9. The monoisotopic (exact) mass is 706 g/mol. The summed E-state index contributed by atoms with van der Waals surface area (Å²) in [6.07, 6.45) is 10.7. The van der Waals surface area contributed by atoms with Crippen molar-refractivity contribution in [1.29, 1.82) is 0 Å². The molecule has 52 heavy (non-hydrogen) atoms. The number of allylic oxidation sites excluding steroid dienone is 6. The molecular formula is C43H54N4O5. The molecule has 5 heterocycles. The molecule has 5 N–H and O–H groups in total. The van der Waals surface area contributed by atoms with Crippen LogP contribution in [0.15, 0.2) is 73.2 Å². The van der Waals surface area contributed by atoms with Crippen LogP contribution in [0.2, 0.25) is 0 Å². The summed E-state index contributed by atoms with van der Waals surface area (Å²) in [4.78, 5) is 14.7. The van der Waals surface area contributed by atoms with Crippen LogP contribution in [0.25, 0.3) is 17.7 Å². The van der Waals surface area contributed by atoms with Crippen molar-refractivity contribution >= 4 is 29.1 Å².